The number of amides is 2. The van der Waals surface area contributed by atoms with E-state index in [9.17, 15) is 9.59 Å². The van der Waals surface area contributed by atoms with Crippen LogP contribution < -0.4 is 10.1 Å². The Labute approximate surface area is 250 Å². The molecule has 9 nitrogen and oxygen atoms in total. The average Bonchev–Trinajstić information content (AvgIpc) is 3.71. The highest BCUT2D eigenvalue weighted by molar-refractivity contribution is 8.15. The van der Waals surface area contributed by atoms with Crippen LogP contribution in [0.5, 0.6) is 5.75 Å². The topological polar surface area (TPSA) is 110 Å². The second-order valence-corrected chi connectivity index (χ2v) is 10.8. The van der Waals surface area contributed by atoms with Gasteiger partial charge in [0.05, 0.1) is 35.7 Å². The SMILES string of the molecule is CCOc1ccc(NC(=O)CC2S/C(=N\N=C\c3ccc(-c4ccc(Cl)c(Cl)c4)o3)N(Cc3ccco3)C2=O)cc1. The fraction of sp³-hybridized carbons (Fsp3) is 0.172. The Morgan fingerprint density at radius 2 is 1.95 bits per heavy atom. The zero-order chi connectivity index (χ0) is 28.8. The van der Waals surface area contributed by atoms with E-state index in [4.69, 9.17) is 36.8 Å². The second kappa shape index (κ2) is 13.1. The number of hydrogen-bond donors (Lipinski definition) is 1. The summed E-state index contributed by atoms with van der Waals surface area (Å²) < 4.78 is 16.7. The van der Waals surface area contributed by atoms with Crippen molar-refractivity contribution in [3.05, 3.63) is 94.6 Å². The number of thioether (sulfide) groups is 1. The minimum absolute atomic E-state index is 0.0424. The highest BCUT2D eigenvalue weighted by Gasteiger charge is 2.39. The van der Waals surface area contributed by atoms with Gasteiger partial charge < -0.3 is 18.9 Å². The van der Waals surface area contributed by atoms with Gasteiger partial charge in [-0.3, -0.25) is 14.5 Å². The predicted molar refractivity (Wildman–Crippen MR) is 161 cm³/mol. The molecule has 41 heavy (non-hydrogen) atoms. The molecule has 4 aromatic rings. The van der Waals surface area contributed by atoms with Crippen molar-refractivity contribution in [3.63, 3.8) is 0 Å². The van der Waals surface area contributed by atoms with Crippen LogP contribution in [-0.4, -0.2) is 40.0 Å². The van der Waals surface area contributed by atoms with Gasteiger partial charge in [0.2, 0.25) is 11.8 Å². The Morgan fingerprint density at radius 1 is 1.12 bits per heavy atom. The Kier molecular flexibility index (Phi) is 9.13. The smallest absolute Gasteiger partial charge is 0.243 e. The minimum atomic E-state index is -0.675. The molecule has 0 bridgehead atoms. The van der Waals surface area contributed by atoms with E-state index in [1.807, 2.05) is 6.92 Å². The third kappa shape index (κ3) is 7.21. The van der Waals surface area contributed by atoms with Gasteiger partial charge in [-0.05, 0) is 73.7 Å². The number of rotatable bonds is 10. The summed E-state index contributed by atoms with van der Waals surface area (Å²) in [4.78, 5) is 27.5. The molecule has 5 rings (SSSR count). The third-order valence-corrected chi connectivity index (χ3v) is 7.80. The number of halogens is 2. The molecule has 12 heteroatoms. The molecule has 1 atom stereocenters. The normalized spacial score (nSPS) is 16.2. The van der Waals surface area contributed by atoms with Gasteiger partial charge in [0, 0.05) is 17.7 Å². The number of anilines is 1. The first-order valence-electron chi connectivity index (χ1n) is 12.6. The van der Waals surface area contributed by atoms with Crippen LogP contribution in [-0.2, 0) is 16.1 Å². The number of nitrogens with one attached hydrogen (secondary N) is 1. The van der Waals surface area contributed by atoms with Gasteiger partial charge >= 0.3 is 0 Å². The van der Waals surface area contributed by atoms with Crippen LogP contribution in [0, 0.1) is 0 Å². The molecule has 0 aliphatic carbocycles. The van der Waals surface area contributed by atoms with Crippen molar-refractivity contribution in [2.45, 2.75) is 25.1 Å². The number of carbonyl (C=O) groups excluding carboxylic acids is 2. The van der Waals surface area contributed by atoms with E-state index >= 15 is 0 Å². The lowest BCUT2D eigenvalue weighted by atomic mass is 10.2. The van der Waals surface area contributed by atoms with Gasteiger partial charge in [0.25, 0.3) is 0 Å². The Bertz CT molecular complexity index is 1580. The van der Waals surface area contributed by atoms with Crippen LogP contribution in [0.1, 0.15) is 24.9 Å². The number of furan rings is 2. The molecule has 2 amide bonds. The van der Waals surface area contributed by atoms with Gasteiger partial charge in [-0.1, -0.05) is 35.0 Å². The van der Waals surface area contributed by atoms with Crippen LogP contribution in [0.4, 0.5) is 5.69 Å². The number of nitrogens with zero attached hydrogens (tertiary/aromatic N) is 3. The second-order valence-electron chi connectivity index (χ2n) is 8.78. The Balaban J connectivity index is 1.28. The van der Waals surface area contributed by atoms with Crippen molar-refractivity contribution in [1.29, 1.82) is 0 Å². The number of ether oxygens (including phenoxy) is 1. The van der Waals surface area contributed by atoms with Crippen molar-refractivity contribution >= 4 is 63.8 Å². The number of amidine groups is 1. The largest absolute Gasteiger partial charge is 0.494 e. The number of carbonyl (C=O) groups is 2. The number of hydrogen-bond acceptors (Lipinski definition) is 8. The molecule has 3 heterocycles. The molecule has 0 radical (unpaired) electrons. The summed E-state index contributed by atoms with van der Waals surface area (Å²) in [6.07, 6.45) is 2.93. The van der Waals surface area contributed by atoms with E-state index in [2.05, 4.69) is 15.5 Å². The lowest BCUT2D eigenvalue weighted by molar-refractivity contribution is -0.128. The third-order valence-electron chi connectivity index (χ3n) is 5.89. The fourth-order valence-corrected chi connectivity index (χ4v) is 5.35. The molecular weight excluding hydrogens is 587 g/mol. The maximum atomic E-state index is 13.3. The molecule has 1 saturated heterocycles. The molecule has 1 aliphatic rings. The molecular formula is C29H24Cl2N4O5S. The fourth-order valence-electron chi connectivity index (χ4n) is 3.96. The predicted octanol–water partition coefficient (Wildman–Crippen LogP) is 7.11. The monoisotopic (exact) mass is 610 g/mol. The first kappa shape index (κ1) is 28.5. The van der Waals surface area contributed by atoms with Gasteiger partial charge in [0.15, 0.2) is 5.17 Å². The van der Waals surface area contributed by atoms with E-state index in [0.717, 1.165) is 5.56 Å². The average molecular weight is 612 g/mol. The standard InChI is InChI=1S/C29H24Cl2N4O5S/c1-2-38-20-8-6-19(7-9-20)33-27(36)15-26-28(37)35(17-22-4-3-13-39-22)29(41-26)34-32-16-21-10-12-25(40-21)18-5-11-23(30)24(31)14-18/h3-14,16,26H,2,15,17H2,1H3,(H,33,36)/b32-16+,34-29-. The molecule has 210 valence electrons. The van der Waals surface area contributed by atoms with Crippen molar-refractivity contribution in [2.75, 3.05) is 11.9 Å². The molecule has 0 spiro atoms. The van der Waals surface area contributed by atoms with Gasteiger partial charge in [-0.2, -0.15) is 5.10 Å². The van der Waals surface area contributed by atoms with E-state index in [0.29, 0.717) is 50.5 Å². The lowest BCUT2D eigenvalue weighted by Gasteiger charge is -2.14. The molecule has 0 saturated carbocycles. The van der Waals surface area contributed by atoms with Crippen LogP contribution >= 0.6 is 35.0 Å². The van der Waals surface area contributed by atoms with Crippen molar-refractivity contribution in [1.82, 2.24) is 4.90 Å². The Morgan fingerprint density at radius 3 is 2.68 bits per heavy atom. The summed E-state index contributed by atoms with van der Waals surface area (Å²) in [5.74, 6) is 1.76. The summed E-state index contributed by atoms with van der Waals surface area (Å²) in [6.45, 7) is 2.61. The molecule has 1 unspecified atom stereocenters. The molecule has 2 aromatic heterocycles. The van der Waals surface area contributed by atoms with Gasteiger partial charge in [-0.25, -0.2) is 0 Å². The van der Waals surface area contributed by atoms with Crippen LogP contribution in [0.3, 0.4) is 0 Å². The van der Waals surface area contributed by atoms with Crippen molar-refractivity contribution in [3.8, 4) is 17.1 Å². The summed E-state index contributed by atoms with van der Waals surface area (Å²) in [5.41, 5.74) is 1.37. The molecule has 2 aromatic carbocycles. The highest BCUT2D eigenvalue weighted by atomic mass is 35.5. The van der Waals surface area contributed by atoms with E-state index in [1.165, 1.54) is 29.1 Å². The maximum Gasteiger partial charge on any atom is 0.243 e. The van der Waals surface area contributed by atoms with Crippen LogP contribution in [0.2, 0.25) is 10.0 Å². The van der Waals surface area contributed by atoms with Gasteiger partial charge in [-0.15, -0.1) is 5.10 Å². The maximum absolute atomic E-state index is 13.3. The van der Waals surface area contributed by atoms with Crippen LogP contribution in [0.15, 0.2) is 92.0 Å². The molecule has 1 aliphatic heterocycles. The van der Waals surface area contributed by atoms with E-state index in [1.54, 1.807) is 66.7 Å². The summed E-state index contributed by atoms with van der Waals surface area (Å²) >= 11 is 13.3. The molecule has 1 fully saturated rings. The van der Waals surface area contributed by atoms with Gasteiger partial charge in [0.1, 0.15) is 28.3 Å². The van der Waals surface area contributed by atoms with E-state index < -0.39 is 5.25 Å². The first-order valence-corrected chi connectivity index (χ1v) is 14.2. The zero-order valence-electron chi connectivity index (χ0n) is 21.8. The minimum Gasteiger partial charge on any atom is -0.494 e. The first-order chi connectivity index (χ1) is 19.9. The zero-order valence-corrected chi connectivity index (χ0v) is 24.1. The van der Waals surface area contributed by atoms with Crippen molar-refractivity contribution < 1.29 is 23.2 Å². The Hall–Kier alpha value is -3.99. The summed E-state index contributed by atoms with van der Waals surface area (Å²) in [5, 5.41) is 11.8. The summed E-state index contributed by atoms with van der Waals surface area (Å²) in [6, 6.07) is 19.3. The van der Waals surface area contributed by atoms with Crippen molar-refractivity contribution in [2.24, 2.45) is 10.2 Å². The lowest BCUT2D eigenvalue weighted by Crippen LogP contribution is -2.33. The quantitative estimate of drug-likeness (QED) is 0.151. The summed E-state index contributed by atoms with van der Waals surface area (Å²) in [7, 11) is 0. The van der Waals surface area contributed by atoms with Crippen LogP contribution in [0.25, 0.3) is 11.3 Å². The highest BCUT2D eigenvalue weighted by Crippen LogP contribution is 2.32. The number of benzene rings is 2. The van der Waals surface area contributed by atoms with E-state index in [-0.39, 0.29) is 24.8 Å². The molecule has 1 N–H and O–H groups in total.